The number of nitrogens with zero attached hydrogens (tertiary/aromatic N) is 3. The summed E-state index contributed by atoms with van der Waals surface area (Å²) in [6.45, 7) is 1.26. The van der Waals surface area contributed by atoms with Crippen molar-refractivity contribution in [3.63, 3.8) is 0 Å². The average Bonchev–Trinajstić information content (AvgIpc) is 3.22. The highest BCUT2D eigenvalue weighted by atomic mass is 35.5. The number of fused-ring (bicyclic) bond motifs is 1. The fourth-order valence-electron chi connectivity index (χ4n) is 4.04. The number of unbranched alkanes of at least 4 members (excludes halogenated alkanes) is 1. The zero-order chi connectivity index (χ0) is 26.0. The Morgan fingerprint density at radius 2 is 1.92 bits per heavy atom. The van der Waals surface area contributed by atoms with Gasteiger partial charge >= 0.3 is 5.97 Å². The van der Waals surface area contributed by atoms with Crippen LogP contribution in [-0.2, 0) is 34.0 Å². The number of benzene rings is 2. The molecule has 0 bridgehead atoms. The van der Waals surface area contributed by atoms with Crippen LogP contribution < -0.4 is 10.6 Å². The van der Waals surface area contributed by atoms with Crippen LogP contribution in [0, 0.1) is 5.92 Å². The van der Waals surface area contributed by atoms with Gasteiger partial charge in [0.15, 0.2) is 0 Å². The Labute approximate surface area is 220 Å². The number of aliphatic imine (C=N–C) groups is 1. The highest BCUT2D eigenvalue weighted by molar-refractivity contribution is 6.30. The van der Waals surface area contributed by atoms with Gasteiger partial charge in [-0.25, -0.2) is 4.98 Å². The fourth-order valence-corrected chi connectivity index (χ4v) is 4.17. The van der Waals surface area contributed by atoms with E-state index in [1.54, 1.807) is 24.8 Å². The number of halogens is 1. The van der Waals surface area contributed by atoms with Gasteiger partial charge in [0.25, 0.3) is 0 Å². The van der Waals surface area contributed by atoms with Crippen molar-refractivity contribution in [3.8, 4) is 0 Å². The van der Waals surface area contributed by atoms with Crippen LogP contribution in [0.15, 0.2) is 65.9 Å². The molecule has 3 N–H and O–H groups in total. The molecule has 1 amide bonds. The molecular formula is C27H30ClN5O4. The molecule has 4 rings (SSSR count). The van der Waals surface area contributed by atoms with E-state index in [0.29, 0.717) is 42.3 Å². The van der Waals surface area contributed by atoms with Crippen LogP contribution in [-0.4, -0.2) is 39.4 Å². The second kappa shape index (κ2) is 13.0. The molecule has 0 saturated carbocycles. The van der Waals surface area contributed by atoms with Gasteiger partial charge < -0.3 is 25.0 Å². The lowest BCUT2D eigenvalue weighted by atomic mass is 10.0. The lowest BCUT2D eigenvalue weighted by Crippen LogP contribution is -2.36. The number of hydrogen-bond donors (Lipinski definition) is 3. The molecule has 0 fully saturated rings. The molecule has 9 nitrogen and oxygen atoms in total. The van der Waals surface area contributed by atoms with Crippen LogP contribution in [0.25, 0.3) is 0 Å². The van der Waals surface area contributed by atoms with Crippen molar-refractivity contribution in [2.75, 3.05) is 11.9 Å². The molecule has 2 heterocycles. The number of aromatic nitrogens is 2. The van der Waals surface area contributed by atoms with E-state index in [4.69, 9.17) is 16.3 Å². The van der Waals surface area contributed by atoms with Gasteiger partial charge in [-0.15, -0.1) is 0 Å². The van der Waals surface area contributed by atoms with Gasteiger partial charge in [-0.3, -0.25) is 14.6 Å². The maximum atomic E-state index is 13.0. The molecule has 3 aromatic rings. The molecule has 2 unspecified atom stereocenters. The molecule has 0 aliphatic carbocycles. The molecule has 1 aliphatic rings. The fraction of sp³-hybridized carbons (Fsp3) is 0.333. The number of esters is 1. The van der Waals surface area contributed by atoms with E-state index in [9.17, 15) is 14.7 Å². The summed E-state index contributed by atoms with van der Waals surface area (Å²) >= 11 is 5.94. The number of nitrogens with one attached hydrogen (secondary N) is 2. The van der Waals surface area contributed by atoms with Gasteiger partial charge in [0.05, 0.1) is 19.2 Å². The Morgan fingerprint density at radius 3 is 2.70 bits per heavy atom. The summed E-state index contributed by atoms with van der Waals surface area (Å²) in [6.07, 6.45) is 4.12. The van der Waals surface area contributed by atoms with E-state index in [0.717, 1.165) is 11.1 Å². The third-order valence-electron chi connectivity index (χ3n) is 6.10. The van der Waals surface area contributed by atoms with Crippen molar-refractivity contribution in [1.82, 2.24) is 14.9 Å². The second-order valence-corrected chi connectivity index (χ2v) is 9.25. The summed E-state index contributed by atoms with van der Waals surface area (Å²) in [5.74, 6) is -1.14. The van der Waals surface area contributed by atoms with Gasteiger partial charge in [0, 0.05) is 18.1 Å². The van der Waals surface area contributed by atoms with Crippen LogP contribution in [0.3, 0.4) is 0 Å². The molecule has 1 aliphatic heterocycles. The van der Waals surface area contributed by atoms with E-state index in [2.05, 4.69) is 20.6 Å². The minimum atomic E-state index is -0.928. The second-order valence-electron chi connectivity index (χ2n) is 8.81. The van der Waals surface area contributed by atoms with Gasteiger partial charge in [-0.05, 0) is 36.1 Å². The van der Waals surface area contributed by atoms with Gasteiger partial charge in [-0.2, -0.15) is 0 Å². The van der Waals surface area contributed by atoms with Crippen molar-refractivity contribution >= 4 is 35.6 Å². The third kappa shape index (κ3) is 7.41. The Hall–Kier alpha value is -3.69. The highest BCUT2D eigenvalue weighted by Gasteiger charge is 2.28. The van der Waals surface area contributed by atoms with Crippen LogP contribution >= 0.6 is 11.6 Å². The first kappa shape index (κ1) is 26.4. The monoisotopic (exact) mass is 523 g/mol. The molecule has 1 aromatic heterocycles. The zero-order valence-electron chi connectivity index (χ0n) is 20.3. The number of imidazole rings is 1. The summed E-state index contributed by atoms with van der Waals surface area (Å²) < 4.78 is 7.40. The van der Waals surface area contributed by atoms with Crippen LogP contribution in [0.4, 0.5) is 5.82 Å². The number of amides is 1. The van der Waals surface area contributed by atoms with Crippen molar-refractivity contribution in [1.29, 1.82) is 0 Å². The van der Waals surface area contributed by atoms with Crippen LogP contribution in [0.5, 0.6) is 0 Å². The van der Waals surface area contributed by atoms with Crippen molar-refractivity contribution < 1.29 is 19.4 Å². The number of aliphatic hydroxyl groups is 1. The summed E-state index contributed by atoms with van der Waals surface area (Å²) in [5.41, 5.74) is 2.30. The Kier molecular flexibility index (Phi) is 9.29. The van der Waals surface area contributed by atoms with E-state index in [1.165, 1.54) is 0 Å². The average molecular weight is 524 g/mol. The van der Waals surface area contributed by atoms with E-state index in [1.807, 2.05) is 47.0 Å². The molecule has 2 atom stereocenters. The molecule has 0 radical (unpaired) electrons. The van der Waals surface area contributed by atoms with Crippen molar-refractivity contribution in [2.24, 2.45) is 10.9 Å². The number of ether oxygens (including phenoxy) is 1. The largest absolute Gasteiger partial charge is 0.460 e. The molecule has 37 heavy (non-hydrogen) atoms. The first-order valence-corrected chi connectivity index (χ1v) is 12.6. The lowest BCUT2D eigenvalue weighted by molar-refractivity contribution is -0.154. The van der Waals surface area contributed by atoms with Crippen LogP contribution in [0.1, 0.15) is 42.2 Å². The highest BCUT2D eigenvalue weighted by Crippen LogP contribution is 2.24. The van der Waals surface area contributed by atoms with E-state index >= 15 is 0 Å². The first-order chi connectivity index (χ1) is 18.0. The molecule has 0 spiro atoms. The standard InChI is InChI=1S/C27H30ClN5O4/c28-21-11-9-19(10-12-21)14-30-26(35)22(27(36)37-16-20-6-2-1-3-7-20)8-4-5-13-33-18-32-24-23(34)15-29-17-31-25(24)33/h1-3,6-7,9-12,17-18,22-23,34H,4-5,8,13-16H2,(H,29,31)(H,30,35). The number of aryl methyl sites for hydroxylation is 1. The summed E-state index contributed by atoms with van der Waals surface area (Å²) in [7, 11) is 0. The minimum absolute atomic E-state index is 0.108. The number of hydrogen-bond acceptors (Lipinski definition) is 7. The Balaban J connectivity index is 1.34. The normalized spacial score (nSPS) is 15.2. The third-order valence-corrected chi connectivity index (χ3v) is 6.35. The quantitative estimate of drug-likeness (QED) is 0.199. The van der Waals surface area contributed by atoms with Crippen LogP contribution in [0.2, 0.25) is 5.02 Å². The summed E-state index contributed by atoms with van der Waals surface area (Å²) in [4.78, 5) is 34.3. The molecular weight excluding hydrogens is 494 g/mol. The minimum Gasteiger partial charge on any atom is -0.460 e. The maximum Gasteiger partial charge on any atom is 0.318 e. The number of carbonyl (C=O) groups is 2. The number of carbonyl (C=O) groups excluding carboxylic acids is 2. The first-order valence-electron chi connectivity index (χ1n) is 12.2. The number of rotatable bonds is 11. The smallest absolute Gasteiger partial charge is 0.318 e. The van der Waals surface area contributed by atoms with Crippen molar-refractivity contribution in [2.45, 2.75) is 45.1 Å². The maximum absolute atomic E-state index is 13.0. The van der Waals surface area contributed by atoms with Gasteiger partial charge in [0.2, 0.25) is 5.91 Å². The van der Waals surface area contributed by atoms with Gasteiger partial charge in [-0.1, -0.05) is 60.5 Å². The number of aliphatic hydroxyl groups excluding tert-OH is 1. The predicted molar refractivity (Wildman–Crippen MR) is 141 cm³/mol. The predicted octanol–water partition coefficient (Wildman–Crippen LogP) is 3.87. The molecule has 0 saturated heterocycles. The SMILES string of the molecule is O=C(NCc1ccc(Cl)cc1)C(CCCCn1cnc2c1NC=NCC2O)C(=O)OCc1ccccc1. The topological polar surface area (TPSA) is 118 Å². The summed E-state index contributed by atoms with van der Waals surface area (Å²) in [5, 5.41) is 16.7. The molecule has 2 aromatic carbocycles. The van der Waals surface area contributed by atoms with E-state index < -0.39 is 18.0 Å². The Morgan fingerprint density at radius 1 is 1.14 bits per heavy atom. The van der Waals surface area contributed by atoms with Gasteiger partial charge in [0.1, 0.15) is 30.1 Å². The zero-order valence-corrected chi connectivity index (χ0v) is 21.1. The lowest BCUT2D eigenvalue weighted by Gasteiger charge is -2.17. The van der Waals surface area contributed by atoms with Crippen molar-refractivity contribution in [3.05, 3.63) is 82.8 Å². The molecule has 194 valence electrons. The Bertz CT molecular complexity index is 1210. The van der Waals surface area contributed by atoms with E-state index in [-0.39, 0.29) is 25.6 Å². The summed E-state index contributed by atoms with van der Waals surface area (Å²) in [6, 6.07) is 16.5. The number of anilines is 1. The molecule has 10 heteroatoms.